The van der Waals surface area contributed by atoms with Crippen LogP contribution in [0.15, 0.2) is 24.3 Å². The smallest absolute Gasteiger partial charge is 0.378 e. The highest BCUT2D eigenvalue weighted by Crippen LogP contribution is 2.29. The zero-order chi connectivity index (χ0) is 13.9. The summed E-state index contributed by atoms with van der Waals surface area (Å²) in [7, 11) is 0. The molecule has 1 fully saturated rings. The van der Waals surface area contributed by atoms with E-state index >= 15 is 0 Å². The summed E-state index contributed by atoms with van der Waals surface area (Å²) in [6, 6.07) is 5.21. The van der Waals surface area contributed by atoms with E-state index in [0.29, 0.717) is 18.4 Å². The number of halogens is 3. The number of rotatable bonds is 4. The Bertz CT molecular complexity index is 413. The molecule has 0 spiro atoms. The van der Waals surface area contributed by atoms with Crippen LogP contribution in [0.5, 0.6) is 0 Å². The highest BCUT2D eigenvalue weighted by atomic mass is 19.4. The molecule has 2 N–H and O–H groups in total. The van der Waals surface area contributed by atoms with Crippen molar-refractivity contribution in [2.24, 2.45) is 5.73 Å². The topological polar surface area (TPSA) is 35.2 Å². The average Bonchev–Trinajstić information content (AvgIpc) is 2.80. The minimum atomic E-state index is -4.30. The summed E-state index contributed by atoms with van der Waals surface area (Å²) in [6.07, 6.45) is -0.938. The number of hydrogen-bond donors (Lipinski definition) is 1. The number of hydrogen-bond acceptors (Lipinski definition) is 2. The van der Waals surface area contributed by atoms with Gasteiger partial charge in [-0.15, -0.1) is 0 Å². The van der Waals surface area contributed by atoms with Gasteiger partial charge in [0.25, 0.3) is 0 Å². The van der Waals surface area contributed by atoms with Crippen molar-refractivity contribution in [1.82, 2.24) is 0 Å². The lowest BCUT2D eigenvalue weighted by Gasteiger charge is -2.17. The number of nitrogens with two attached hydrogens (primary N) is 1. The highest BCUT2D eigenvalue weighted by Gasteiger charge is 2.30. The summed E-state index contributed by atoms with van der Waals surface area (Å²) in [6.45, 7) is 0.765. The maximum Gasteiger partial charge on any atom is 0.416 e. The first-order chi connectivity index (χ1) is 8.95. The van der Waals surface area contributed by atoms with Crippen LogP contribution in [0.25, 0.3) is 0 Å². The van der Waals surface area contributed by atoms with E-state index in [9.17, 15) is 13.2 Å². The molecule has 2 atom stereocenters. The fourth-order valence-electron chi connectivity index (χ4n) is 2.43. The lowest BCUT2D eigenvalue weighted by atomic mass is 9.99. The van der Waals surface area contributed by atoms with Crippen LogP contribution in [0.3, 0.4) is 0 Å². The monoisotopic (exact) mass is 273 g/mol. The van der Waals surface area contributed by atoms with Gasteiger partial charge >= 0.3 is 6.18 Å². The standard InChI is InChI=1S/C14H18F3NO/c15-14(16,17)11-4-1-3-10(7-11)8-12(18)9-13-5-2-6-19-13/h1,3-4,7,12-13H,2,5-6,8-9,18H2. The van der Waals surface area contributed by atoms with Crippen LogP contribution in [0.1, 0.15) is 30.4 Å². The molecule has 1 heterocycles. The Morgan fingerprint density at radius 3 is 2.79 bits per heavy atom. The Morgan fingerprint density at radius 1 is 1.37 bits per heavy atom. The van der Waals surface area contributed by atoms with Crippen molar-refractivity contribution in [3.05, 3.63) is 35.4 Å². The van der Waals surface area contributed by atoms with E-state index in [1.807, 2.05) is 0 Å². The normalized spacial score (nSPS) is 21.6. The zero-order valence-electron chi connectivity index (χ0n) is 10.6. The van der Waals surface area contributed by atoms with Crippen molar-refractivity contribution >= 4 is 0 Å². The van der Waals surface area contributed by atoms with Gasteiger partial charge in [-0.1, -0.05) is 18.2 Å². The third-order valence-electron chi connectivity index (χ3n) is 3.34. The number of benzene rings is 1. The van der Waals surface area contributed by atoms with Crippen LogP contribution in [0, 0.1) is 0 Å². The average molecular weight is 273 g/mol. The molecule has 0 saturated carbocycles. The van der Waals surface area contributed by atoms with Gasteiger partial charge in [-0.05, 0) is 37.3 Å². The Morgan fingerprint density at radius 2 is 2.16 bits per heavy atom. The van der Waals surface area contributed by atoms with Crippen LogP contribution < -0.4 is 5.73 Å². The molecule has 1 aliphatic heterocycles. The minimum Gasteiger partial charge on any atom is -0.378 e. The first-order valence-corrected chi connectivity index (χ1v) is 6.48. The molecule has 1 aliphatic rings. The molecular formula is C14H18F3NO. The molecule has 0 radical (unpaired) electrons. The van der Waals surface area contributed by atoms with Crippen LogP contribution >= 0.6 is 0 Å². The summed E-state index contributed by atoms with van der Waals surface area (Å²) >= 11 is 0. The van der Waals surface area contributed by atoms with Gasteiger partial charge in [0.05, 0.1) is 11.7 Å². The second kappa shape index (κ2) is 5.92. The predicted molar refractivity (Wildman–Crippen MR) is 66.7 cm³/mol. The third-order valence-corrected chi connectivity index (χ3v) is 3.34. The van der Waals surface area contributed by atoms with Gasteiger partial charge in [0.2, 0.25) is 0 Å². The Balaban J connectivity index is 1.94. The Labute approximate surface area is 110 Å². The molecule has 0 aromatic heterocycles. The molecule has 2 unspecified atom stereocenters. The number of ether oxygens (including phenoxy) is 1. The lowest BCUT2D eigenvalue weighted by Crippen LogP contribution is -2.28. The van der Waals surface area contributed by atoms with Crippen molar-refractivity contribution in [3.63, 3.8) is 0 Å². The molecule has 2 nitrogen and oxygen atoms in total. The zero-order valence-corrected chi connectivity index (χ0v) is 10.6. The molecule has 0 amide bonds. The van der Waals surface area contributed by atoms with Crippen molar-refractivity contribution in [2.75, 3.05) is 6.61 Å². The molecule has 1 aromatic rings. The second-order valence-electron chi connectivity index (χ2n) is 5.03. The summed E-state index contributed by atoms with van der Waals surface area (Å²) in [5.41, 5.74) is 5.99. The van der Waals surface area contributed by atoms with E-state index in [2.05, 4.69) is 0 Å². The third kappa shape index (κ3) is 4.21. The van der Waals surface area contributed by atoms with E-state index in [-0.39, 0.29) is 12.1 Å². The van der Waals surface area contributed by atoms with Gasteiger partial charge in [0.15, 0.2) is 0 Å². The SMILES string of the molecule is NC(Cc1cccc(C(F)(F)F)c1)CC1CCCO1. The quantitative estimate of drug-likeness (QED) is 0.914. The van der Waals surface area contributed by atoms with Crippen molar-refractivity contribution in [1.29, 1.82) is 0 Å². The van der Waals surface area contributed by atoms with E-state index in [1.54, 1.807) is 6.07 Å². The molecule has 0 aliphatic carbocycles. The maximum absolute atomic E-state index is 12.6. The van der Waals surface area contributed by atoms with Gasteiger partial charge in [-0.25, -0.2) is 0 Å². The van der Waals surface area contributed by atoms with Crippen LogP contribution in [-0.4, -0.2) is 18.8 Å². The minimum absolute atomic E-state index is 0.161. The number of alkyl halides is 3. The lowest BCUT2D eigenvalue weighted by molar-refractivity contribution is -0.137. The van der Waals surface area contributed by atoms with E-state index < -0.39 is 11.7 Å². The van der Waals surface area contributed by atoms with Gasteiger partial charge in [-0.3, -0.25) is 0 Å². The molecule has 2 rings (SSSR count). The summed E-state index contributed by atoms with van der Waals surface area (Å²) < 4.78 is 43.2. The first-order valence-electron chi connectivity index (χ1n) is 6.48. The maximum atomic E-state index is 12.6. The van der Waals surface area contributed by atoms with E-state index in [0.717, 1.165) is 25.5 Å². The predicted octanol–water partition coefficient (Wildman–Crippen LogP) is 3.14. The van der Waals surface area contributed by atoms with Crippen LogP contribution in [-0.2, 0) is 17.3 Å². The molecule has 5 heteroatoms. The Hall–Kier alpha value is -1.07. The van der Waals surface area contributed by atoms with Crippen molar-refractivity contribution in [3.8, 4) is 0 Å². The molecule has 1 aromatic carbocycles. The van der Waals surface area contributed by atoms with Crippen LogP contribution in [0.2, 0.25) is 0 Å². The molecule has 0 bridgehead atoms. The summed E-state index contributed by atoms with van der Waals surface area (Å²) in [4.78, 5) is 0. The molecular weight excluding hydrogens is 255 g/mol. The van der Waals surface area contributed by atoms with Gasteiger partial charge < -0.3 is 10.5 Å². The van der Waals surface area contributed by atoms with Gasteiger partial charge in [0.1, 0.15) is 0 Å². The Kier molecular flexibility index (Phi) is 4.47. The highest BCUT2D eigenvalue weighted by molar-refractivity contribution is 5.26. The molecule has 1 saturated heterocycles. The largest absolute Gasteiger partial charge is 0.416 e. The summed E-state index contributed by atoms with van der Waals surface area (Å²) in [5.74, 6) is 0. The van der Waals surface area contributed by atoms with Gasteiger partial charge in [0, 0.05) is 12.6 Å². The van der Waals surface area contributed by atoms with Crippen LogP contribution in [0.4, 0.5) is 13.2 Å². The first kappa shape index (κ1) is 14.3. The van der Waals surface area contributed by atoms with E-state index in [1.165, 1.54) is 12.1 Å². The van der Waals surface area contributed by atoms with Crippen molar-refractivity contribution in [2.45, 2.75) is 44.0 Å². The van der Waals surface area contributed by atoms with E-state index in [4.69, 9.17) is 10.5 Å². The fraction of sp³-hybridized carbons (Fsp3) is 0.571. The fourth-order valence-corrected chi connectivity index (χ4v) is 2.43. The van der Waals surface area contributed by atoms with Gasteiger partial charge in [-0.2, -0.15) is 13.2 Å². The summed E-state index contributed by atoms with van der Waals surface area (Å²) in [5, 5.41) is 0. The van der Waals surface area contributed by atoms with Crippen molar-refractivity contribution < 1.29 is 17.9 Å². The second-order valence-corrected chi connectivity index (χ2v) is 5.03. The molecule has 106 valence electrons. The molecule has 19 heavy (non-hydrogen) atoms.